The molecule has 0 spiro atoms. The topological polar surface area (TPSA) is 38.8 Å². The van der Waals surface area contributed by atoms with Crippen LogP contribution in [0.25, 0.3) is 0 Å². The highest BCUT2D eigenvalue weighted by Crippen LogP contribution is 1.85. The van der Waals surface area contributed by atoms with Crippen LogP contribution in [0.15, 0.2) is 0 Å². The summed E-state index contributed by atoms with van der Waals surface area (Å²) in [6.45, 7) is 4.93. The molecule has 0 rings (SSSR count). The van der Waals surface area contributed by atoms with E-state index in [4.69, 9.17) is 9.57 Å². The van der Waals surface area contributed by atoms with Crippen molar-refractivity contribution in [1.29, 1.82) is 0 Å². The SMILES string of the molecule is CCOCN(C=O)OCC. The fourth-order valence-electron chi connectivity index (χ4n) is 0.445. The molecule has 0 aromatic carbocycles. The van der Waals surface area contributed by atoms with Crippen LogP contribution < -0.4 is 0 Å². The second-order valence-corrected chi connectivity index (χ2v) is 1.56. The van der Waals surface area contributed by atoms with E-state index in [9.17, 15) is 4.79 Å². The van der Waals surface area contributed by atoms with Gasteiger partial charge in [-0.15, -0.1) is 0 Å². The molecule has 0 aromatic rings. The van der Waals surface area contributed by atoms with Gasteiger partial charge in [0, 0.05) is 6.61 Å². The lowest BCUT2D eigenvalue weighted by Crippen LogP contribution is -2.25. The highest BCUT2D eigenvalue weighted by Gasteiger charge is 1.97. The normalized spacial score (nSPS) is 9.40. The first-order valence-corrected chi connectivity index (χ1v) is 3.27. The van der Waals surface area contributed by atoms with E-state index >= 15 is 0 Å². The van der Waals surface area contributed by atoms with E-state index in [0.717, 1.165) is 5.06 Å². The Kier molecular flexibility index (Phi) is 6.11. The van der Waals surface area contributed by atoms with Crippen molar-refractivity contribution < 1.29 is 14.4 Å². The van der Waals surface area contributed by atoms with Gasteiger partial charge in [0.15, 0.2) is 0 Å². The van der Waals surface area contributed by atoms with Crippen LogP contribution in [0.5, 0.6) is 0 Å². The number of hydroxylamine groups is 2. The summed E-state index contributed by atoms with van der Waals surface area (Å²) in [5.41, 5.74) is 0. The summed E-state index contributed by atoms with van der Waals surface area (Å²) in [5.74, 6) is 0. The molecule has 0 saturated carbocycles. The molecular weight excluding hydrogens is 134 g/mol. The van der Waals surface area contributed by atoms with E-state index in [0.29, 0.717) is 19.6 Å². The average molecular weight is 147 g/mol. The van der Waals surface area contributed by atoms with Gasteiger partial charge in [0.25, 0.3) is 0 Å². The molecule has 0 aliphatic carbocycles. The van der Waals surface area contributed by atoms with Crippen LogP contribution in [0.4, 0.5) is 0 Å². The molecule has 4 heteroatoms. The number of hydrogen-bond acceptors (Lipinski definition) is 3. The van der Waals surface area contributed by atoms with Crippen molar-refractivity contribution in [2.75, 3.05) is 19.9 Å². The largest absolute Gasteiger partial charge is 0.359 e. The fraction of sp³-hybridized carbons (Fsp3) is 0.833. The monoisotopic (exact) mass is 147 g/mol. The second-order valence-electron chi connectivity index (χ2n) is 1.56. The van der Waals surface area contributed by atoms with E-state index < -0.39 is 0 Å². The van der Waals surface area contributed by atoms with Crippen LogP contribution in [-0.4, -0.2) is 31.4 Å². The zero-order valence-electron chi connectivity index (χ0n) is 6.37. The predicted molar refractivity (Wildman–Crippen MR) is 36.0 cm³/mol. The van der Waals surface area contributed by atoms with Crippen LogP contribution in [0.3, 0.4) is 0 Å². The van der Waals surface area contributed by atoms with Gasteiger partial charge in [0.2, 0.25) is 6.41 Å². The number of nitrogens with zero attached hydrogens (tertiary/aromatic N) is 1. The van der Waals surface area contributed by atoms with E-state index in [1.165, 1.54) is 0 Å². The van der Waals surface area contributed by atoms with Gasteiger partial charge in [-0.2, -0.15) is 5.06 Å². The first kappa shape index (κ1) is 9.39. The van der Waals surface area contributed by atoms with Crippen molar-refractivity contribution in [3.05, 3.63) is 0 Å². The Labute approximate surface area is 60.7 Å². The van der Waals surface area contributed by atoms with Gasteiger partial charge in [-0.1, -0.05) is 0 Å². The zero-order valence-corrected chi connectivity index (χ0v) is 6.37. The molecule has 0 fully saturated rings. The number of ether oxygens (including phenoxy) is 1. The molecule has 0 N–H and O–H groups in total. The second kappa shape index (κ2) is 6.51. The third kappa shape index (κ3) is 4.29. The standard InChI is InChI=1S/C6H13NO3/c1-3-9-6-7(5-8)10-4-2/h5H,3-4,6H2,1-2H3. The van der Waals surface area contributed by atoms with Crippen LogP contribution in [0.2, 0.25) is 0 Å². The third-order valence-electron chi connectivity index (χ3n) is 0.835. The minimum atomic E-state index is 0.202. The van der Waals surface area contributed by atoms with Crippen molar-refractivity contribution >= 4 is 6.41 Å². The number of amides is 1. The van der Waals surface area contributed by atoms with Crippen molar-refractivity contribution in [1.82, 2.24) is 5.06 Å². The Bertz CT molecular complexity index is 87.1. The molecule has 1 amide bonds. The lowest BCUT2D eigenvalue weighted by atomic mass is 10.9. The first-order chi connectivity index (χ1) is 4.85. The molecular formula is C6H13NO3. The average Bonchev–Trinajstić information content (AvgIpc) is 1.98. The van der Waals surface area contributed by atoms with Gasteiger partial charge < -0.3 is 4.74 Å². The maximum Gasteiger partial charge on any atom is 0.235 e. The van der Waals surface area contributed by atoms with Gasteiger partial charge >= 0.3 is 0 Å². The predicted octanol–water partition coefficient (Wildman–Crippen LogP) is 0.390. The van der Waals surface area contributed by atoms with E-state index in [2.05, 4.69) is 0 Å². The van der Waals surface area contributed by atoms with Crippen LogP contribution in [-0.2, 0) is 14.4 Å². The number of carbonyl (C=O) groups excluding carboxylic acids is 1. The van der Waals surface area contributed by atoms with Gasteiger partial charge in [0.05, 0.1) is 6.61 Å². The zero-order chi connectivity index (χ0) is 7.82. The van der Waals surface area contributed by atoms with Gasteiger partial charge in [-0.05, 0) is 13.8 Å². The molecule has 0 unspecified atom stereocenters. The summed E-state index contributed by atoms with van der Waals surface area (Å²) in [4.78, 5) is 15.0. The highest BCUT2D eigenvalue weighted by molar-refractivity contribution is 5.44. The smallest absolute Gasteiger partial charge is 0.235 e. The quantitative estimate of drug-likeness (QED) is 0.310. The molecule has 0 radical (unpaired) electrons. The Morgan fingerprint density at radius 2 is 2.10 bits per heavy atom. The maximum absolute atomic E-state index is 10.1. The minimum Gasteiger partial charge on any atom is -0.359 e. The summed E-state index contributed by atoms with van der Waals surface area (Å²) in [7, 11) is 0. The fourth-order valence-corrected chi connectivity index (χ4v) is 0.445. The minimum absolute atomic E-state index is 0.202. The summed E-state index contributed by atoms with van der Waals surface area (Å²) in [5, 5.41) is 1.11. The molecule has 0 bridgehead atoms. The molecule has 10 heavy (non-hydrogen) atoms. The molecule has 0 aromatic heterocycles. The summed E-state index contributed by atoms with van der Waals surface area (Å²) >= 11 is 0. The van der Waals surface area contributed by atoms with Crippen molar-refractivity contribution in [3.63, 3.8) is 0 Å². The summed E-state index contributed by atoms with van der Waals surface area (Å²) in [6, 6.07) is 0. The molecule has 60 valence electrons. The van der Waals surface area contributed by atoms with Gasteiger partial charge in [0.1, 0.15) is 6.73 Å². The van der Waals surface area contributed by atoms with Crippen LogP contribution >= 0.6 is 0 Å². The number of rotatable bonds is 6. The molecule has 4 nitrogen and oxygen atoms in total. The van der Waals surface area contributed by atoms with E-state index in [1.54, 1.807) is 0 Å². The van der Waals surface area contributed by atoms with Crippen LogP contribution in [0.1, 0.15) is 13.8 Å². The lowest BCUT2D eigenvalue weighted by Gasteiger charge is -2.14. The molecule has 0 aliphatic rings. The van der Waals surface area contributed by atoms with Crippen molar-refractivity contribution in [3.8, 4) is 0 Å². The first-order valence-electron chi connectivity index (χ1n) is 3.27. The summed E-state index contributed by atoms with van der Waals surface area (Å²) in [6.07, 6.45) is 0.596. The Morgan fingerprint density at radius 3 is 2.50 bits per heavy atom. The molecule has 0 aliphatic heterocycles. The number of carbonyl (C=O) groups is 1. The van der Waals surface area contributed by atoms with E-state index in [1.807, 2.05) is 13.8 Å². The van der Waals surface area contributed by atoms with Crippen molar-refractivity contribution in [2.45, 2.75) is 13.8 Å². The van der Waals surface area contributed by atoms with Crippen LogP contribution in [0, 0.1) is 0 Å². The maximum atomic E-state index is 10.1. The molecule has 0 atom stereocenters. The highest BCUT2D eigenvalue weighted by atomic mass is 16.7. The summed E-state index contributed by atoms with van der Waals surface area (Å²) < 4.78 is 4.91. The number of hydrogen-bond donors (Lipinski definition) is 0. The molecule has 0 heterocycles. The third-order valence-corrected chi connectivity index (χ3v) is 0.835. The van der Waals surface area contributed by atoms with Gasteiger partial charge in [-0.25, -0.2) is 0 Å². The van der Waals surface area contributed by atoms with Crippen molar-refractivity contribution in [2.24, 2.45) is 0 Å². The van der Waals surface area contributed by atoms with E-state index in [-0.39, 0.29) is 6.73 Å². The Hall–Kier alpha value is -0.610. The Morgan fingerprint density at radius 1 is 1.40 bits per heavy atom. The lowest BCUT2D eigenvalue weighted by molar-refractivity contribution is -0.197. The molecule has 0 saturated heterocycles. The van der Waals surface area contributed by atoms with Gasteiger partial charge in [-0.3, -0.25) is 9.63 Å². The Balaban J connectivity index is 3.29.